The molecule has 0 aliphatic carbocycles. The molecular weight excluding hydrogens is 275 g/mol. The van der Waals surface area contributed by atoms with Crippen molar-refractivity contribution in [2.45, 2.75) is 12.3 Å². The second-order valence-corrected chi connectivity index (χ2v) is 3.77. The van der Waals surface area contributed by atoms with Crippen molar-refractivity contribution in [1.82, 2.24) is 9.97 Å². The van der Waals surface area contributed by atoms with Crippen LogP contribution in [0.15, 0.2) is 6.07 Å². The van der Waals surface area contributed by atoms with Crippen molar-refractivity contribution in [1.29, 1.82) is 0 Å². The summed E-state index contributed by atoms with van der Waals surface area (Å²) in [5.41, 5.74) is 0. The highest BCUT2D eigenvalue weighted by Crippen LogP contribution is 2.28. The molecule has 0 saturated heterocycles. The van der Waals surface area contributed by atoms with E-state index in [1.54, 1.807) is 0 Å². The van der Waals surface area contributed by atoms with Crippen molar-refractivity contribution in [3.63, 3.8) is 0 Å². The van der Waals surface area contributed by atoms with Crippen LogP contribution in [0.25, 0.3) is 0 Å². The molecule has 9 heteroatoms. The van der Waals surface area contributed by atoms with Crippen LogP contribution in [0.1, 0.15) is 5.82 Å². The maximum atomic E-state index is 12.4. The van der Waals surface area contributed by atoms with Crippen LogP contribution >= 0.6 is 11.6 Å². The minimum absolute atomic E-state index is 0.0154. The molecule has 1 heterocycles. The fourth-order valence-electron chi connectivity index (χ4n) is 1.11. The number of alkyl halides is 3. The number of halogens is 4. The first-order valence-electron chi connectivity index (χ1n) is 4.85. The number of hydrogen-bond acceptors (Lipinski definition) is 5. The Balaban J connectivity index is 2.75. The lowest BCUT2D eigenvalue weighted by atomic mass is 10.3. The van der Waals surface area contributed by atoms with Crippen molar-refractivity contribution < 1.29 is 23.0 Å². The van der Waals surface area contributed by atoms with Crippen LogP contribution in [0, 0.1) is 0 Å². The fraction of sp³-hybridized carbons (Fsp3) is 0.556. The smallest absolute Gasteiger partial charge is 0.389 e. The van der Waals surface area contributed by atoms with Crippen LogP contribution in [0.5, 0.6) is 0 Å². The molecule has 1 rings (SSSR count). The Morgan fingerprint density at radius 2 is 2.17 bits per heavy atom. The summed E-state index contributed by atoms with van der Waals surface area (Å²) < 4.78 is 41.8. The van der Waals surface area contributed by atoms with E-state index in [-0.39, 0.29) is 24.1 Å². The number of rotatable bonds is 5. The molecule has 1 aromatic heterocycles. The Kier molecular flexibility index (Phi) is 5.12. The summed E-state index contributed by atoms with van der Waals surface area (Å²) in [6.45, 7) is 0.0381. The number of methoxy groups -OCH3 is 1. The van der Waals surface area contributed by atoms with Gasteiger partial charge >= 0.3 is 6.18 Å². The van der Waals surface area contributed by atoms with Crippen molar-refractivity contribution in [3.05, 3.63) is 17.0 Å². The molecule has 0 radical (unpaired) electrons. The number of aliphatic hydroxyl groups excluding tert-OH is 1. The Morgan fingerprint density at radius 1 is 1.50 bits per heavy atom. The number of ether oxygens (including phenoxy) is 1. The second-order valence-electron chi connectivity index (χ2n) is 3.39. The number of aliphatic hydroxyl groups is 1. The number of nitrogens with zero attached hydrogens (tertiary/aromatic N) is 2. The number of hydrogen-bond donors (Lipinski definition) is 2. The van der Waals surface area contributed by atoms with Gasteiger partial charge in [0.1, 0.15) is 11.0 Å². The Hall–Kier alpha value is -1.12. The summed E-state index contributed by atoms with van der Waals surface area (Å²) in [6, 6.07) is 1.14. The van der Waals surface area contributed by atoms with Gasteiger partial charge in [0.2, 0.25) is 5.82 Å². The van der Waals surface area contributed by atoms with Gasteiger partial charge in [-0.15, -0.1) is 0 Å². The normalized spacial score (nSPS) is 13.4. The summed E-state index contributed by atoms with van der Waals surface area (Å²) in [6.07, 6.45) is -5.54. The van der Waals surface area contributed by atoms with Crippen LogP contribution in [0.2, 0.25) is 5.15 Å². The summed E-state index contributed by atoms with van der Waals surface area (Å²) in [4.78, 5) is 6.32. The molecule has 0 bridgehead atoms. The highest BCUT2D eigenvalue weighted by molar-refractivity contribution is 6.29. The van der Waals surface area contributed by atoms with Gasteiger partial charge in [-0.2, -0.15) is 13.2 Å². The molecule has 1 aromatic rings. The first-order valence-corrected chi connectivity index (χ1v) is 5.23. The van der Waals surface area contributed by atoms with Gasteiger partial charge in [-0.25, -0.2) is 9.97 Å². The third-order valence-corrected chi connectivity index (χ3v) is 2.02. The van der Waals surface area contributed by atoms with E-state index in [1.807, 2.05) is 0 Å². The number of aromatic nitrogens is 2. The van der Waals surface area contributed by atoms with E-state index < -0.39 is 18.1 Å². The third kappa shape index (κ3) is 4.63. The zero-order valence-corrected chi connectivity index (χ0v) is 10.1. The topological polar surface area (TPSA) is 67.3 Å². The molecule has 1 atom stereocenters. The summed E-state index contributed by atoms with van der Waals surface area (Å²) in [5.74, 6) is -1.45. The monoisotopic (exact) mass is 285 g/mol. The van der Waals surface area contributed by atoms with E-state index in [4.69, 9.17) is 11.6 Å². The fourth-order valence-corrected chi connectivity index (χ4v) is 1.29. The molecule has 0 aromatic carbocycles. The Bertz CT molecular complexity index is 403. The van der Waals surface area contributed by atoms with E-state index in [0.717, 1.165) is 6.07 Å². The zero-order valence-electron chi connectivity index (χ0n) is 9.33. The molecule has 18 heavy (non-hydrogen) atoms. The number of nitrogens with one attached hydrogen (secondary N) is 1. The molecular formula is C9H11ClF3N3O2. The molecule has 0 spiro atoms. The summed E-state index contributed by atoms with van der Waals surface area (Å²) >= 11 is 5.45. The molecule has 0 aliphatic rings. The van der Waals surface area contributed by atoms with E-state index >= 15 is 0 Å². The molecule has 102 valence electrons. The van der Waals surface area contributed by atoms with Gasteiger partial charge in [0.25, 0.3) is 0 Å². The second kappa shape index (κ2) is 6.17. The first kappa shape index (κ1) is 14.9. The van der Waals surface area contributed by atoms with Gasteiger partial charge in [-0.3, -0.25) is 0 Å². The average molecular weight is 286 g/mol. The molecule has 0 saturated carbocycles. The van der Waals surface area contributed by atoms with Crippen LogP contribution in [0.3, 0.4) is 0 Å². The zero-order chi connectivity index (χ0) is 13.8. The van der Waals surface area contributed by atoms with Gasteiger partial charge in [-0.1, -0.05) is 11.6 Å². The molecule has 0 aliphatic heterocycles. The molecule has 5 nitrogen and oxygen atoms in total. The lowest BCUT2D eigenvalue weighted by Gasteiger charge is -2.12. The van der Waals surface area contributed by atoms with E-state index in [1.165, 1.54) is 7.11 Å². The van der Waals surface area contributed by atoms with Crippen molar-refractivity contribution in [2.75, 3.05) is 25.6 Å². The average Bonchev–Trinajstić information content (AvgIpc) is 2.25. The van der Waals surface area contributed by atoms with Crippen LogP contribution in [-0.4, -0.2) is 41.4 Å². The maximum Gasteiger partial charge on any atom is 0.451 e. The summed E-state index contributed by atoms with van der Waals surface area (Å²) in [5, 5.41) is 11.5. The Morgan fingerprint density at radius 3 is 2.72 bits per heavy atom. The van der Waals surface area contributed by atoms with Crippen molar-refractivity contribution >= 4 is 17.4 Å². The number of anilines is 1. The highest BCUT2D eigenvalue weighted by Gasteiger charge is 2.35. The third-order valence-electron chi connectivity index (χ3n) is 1.83. The van der Waals surface area contributed by atoms with Gasteiger partial charge in [-0.05, 0) is 0 Å². The van der Waals surface area contributed by atoms with Gasteiger partial charge in [0.05, 0.1) is 12.7 Å². The predicted molar refractivity (Wildman–Crippen MR) is 58.4 cm³/mol. The lowest BCUT2D eigenvalue weighted by molar-refractivity contribution is -0.144. The van der Waals surface area contributed by atoms with Crippen LogP contribution < -0.4 is 5.32 Å². The lowest BCUT2D eigenvalue weighted by Crippen LogP contribution is -2.25. The van der Waals surface area contributed by atoms with E-state index in [9.17, 15) is 18.3 Å². The van der Waals surface area contributed by atoms with Crippen LogP contribution in [-0.2, 0) is 10.9 Å². The maximum absolute atomic E-state index is 12.4. The van der Waals surface area contributed by atoms with E-state index in [0.29, 0.717) is 0 Å². The molecule has 1 unspecified atom stereocenters. The van der Waals surface area contributed by atoms with Crippen molar-refractivity contribution in [3.8, 4) is 0 Å². The quantitative estimate of drug-likeness (QED) is 0.804. The van der Waals surface area contributed by atoms with Crippen molar-refractivity contribution in [2.24, 2.45) is 0 Å². The van der Waals surface area contributed by atoms with Gasteiger partial charge < -0.3 is 15.2 Å². The minimum atomic E-state index is -4.67. The van der Waals surface area contributed by atoms with E-state index in [2.05, 4.69) is 20.0 Å². The minimum Gasteiger partial charge on any atom is -0.389 e. The molecule has 0 amide bonds. The van der Waals surface area contributed by atoms with Gasteiger partial charge in [0.15, 0.2) is 0 Å². The standard InChI is InChI=1S/C9H11ClF3N3O2/c1-18-4-5(17)3-14-7-2-6(10)15-8(16-7)9(11,12)13/h2,5,17H,3-4H2,1H3,(H,14,15,16). The first-order chi connectivity index (χ1) is 8.32. The molecule has 0 fully saturated rings. The highest BCUT2D eigenvalue weighted by atomic mass is 35.5. The predicted octanol–water partition coefficient (Wildman–Crippen LogP) is 1.57. The SMILES string of the molecule is COCC(O)CNc1cc(Cl)nc(C(F)(F)F)n1. The van der Waals surface area contributed by atoms with Gasteiger partial charge in [0, 0.05) is 19.7 Å². The Labute approximate surface area is 106 Å². The van der Waals surface area contributed by atoms with Crippen LogP contribution in [0.4, 0.5) is 19.0 Å². The summed E-state index contributed by atoms with van der Waals surface area (Å²) in [7, 11) is 1.40. The largest absolute Gasteiger partial charge is 0.451 e. The molecule has 2 N–H and O–H groups in total.